The van der Waals surface area contributed by atoms with Crippen LogP contribution in [0.25, 0.3) is 0 Å². The van der Waals surface area contributed by atoms with Gasteiger partial charge in [0.15, 0.2) is 0 Å². The number of piperidine rings is 1. The number of carbonyl (C=O) groups excluding carboxylic acids is 1. The van der Waals surface area contributed by atoms with Crippen LogP contribution in [-0.2, 0) is 16.8 Å². The van der Waals surface area contributed by atoms with Crippen LogP contribution < -0.4 is 0 Å². The summed E-state index contributed by atoms with van der Waals surface area (Å²) in [6, 6.07) is 15.0. The highest BCUT2D eigenvalue weighted by atomic mass is 35.5. The van der Waals surface area contributed by atoms with Crippen LogP contribution in [0.3, 0.4) is 0 Å². The van der Waals surface area contributed by atoms with Crippen molar-refractivity contribution in [2.45, 2.75) is 63.5 Å². The number of halogens is 2. The van der Waals surface area contributed by atoms with Crippen LogP contribution in [0.2, 0.25) is 10.0 Å². The van der Waals surface area contributed by atoms with E-state index in [4.69, 9.17) is 23.2 Å². The zero-order chi connectivity index (χ0) is 23.4. The first-order valence-corrected chi connectivity index (χ1v) is 12.1. The number of nitrogens with zero attached hydrogens (tertiary/aromatic N) is 1. The Morgan fingerprint density at radius 3 is 2.53 bits per heavy atom. The largest absolute Gasteiger partial charge is 0.385 e. The van der Waals surface area contributed by atoms with Crippen LogP contribution >= 0.6 is 23.2 Å². The van der Waals surface area contributed by atoms with E-state index in [1.807, 2.05) is 60.4 Å². The van der Waals surface area contributed by atoms with E-state index in [0.29, 0.717) is 35.9 Å². The van der Waals surface area contributed by atoms with Crippen LogP contribution in [0, 0.1) is 5.92 Å². The Morgan fingerprint density at radius 1 is 1.19 bits per heavy atom. The van der Waals surface area contributed by atoms with Gasteiger partial charge >= 0.3 is 0 Å². The first kappa shape index (κ1) is 24.8. The van der Waals surface area contributed by atoms with Gasteiger partial charge in [-0.05, 0) is 61.1 Å². The lowest BCUT2D eigenvalue weighted by molar-refractivity contribution is -0.149. The SMILES string of the molecule is C=CC[C@@](CC)(C[C@@](O)(Cc1ccc(Cl)cc1)c1cccc(Cl)c1)N1CCCC(C)C1=O. The Labute approximate surface area is 202 Å². The third-order valence-corrected chi connectivity index (χ3v) is 7.34. The monoisotopic (exact) mass is 473 g/mol. The minimum atomic E-state index is -1.22. The Morgan fingerprint density at radius 2 is 1.91 bits per heavy atom. The fourth-order valence-corrected chi connectivity index (χ4v) is 5.38. The van der Waals surface area contributed by atoms with Gasteiger partial charge in [-0.25, -0.2) is 0 Å². The Kier molecular flexibility index (Phi) is 8.08. The van der Waals surface area contributed by atoms with Gasteiger partial charge in [-0.1, -0.05) is 67.4 Å². The van der Waals surface area contributed by atoms with Crippen molar-refractivity contribution >= 4 is 29.1 Å². The molecule has 1 saturated heterocycles. The molecular weight excluding hydrogens is 441 g/mol. The molecule has 1 N–H and O–H groups in total. The van der Waals surface area contributed by atoms with Gasteiger partial charge in [0.1, 0.15) is 0 Å². The van der Waals surface area contributed by atoms with Gasteiger partial charge in [0, 0.05) is 40.9 Å². The summed E-state index contributed by atoms with van der Waals surface area (Å²) < 4.78 is 0. The highest BCUT2D eigenvalue weighted by Gasteiger charge is 2.46. The van der Waals surface area contributed by atoms with Crippen LogP contribution in [0.5, 0.6) is 0 Å². The molecule has 2 aromatic rings. The van der Waals surface area contributed by atoms with E-state index in [1.54, 1.807) is 6.07 Å². The smallest absolute Gasteiger partial charge is 0.225 e. The minimum absolute atomic E-state index is 0.00461. The van der Waals surface area contributed by atoms with Crippen LogP contribution in [0.15, 0.2) is 61.2 Å². The molecule has 1 amide bonds. The molecule has 3 rings (SSSR count). The highest BCUT2D eigenvalue weighted by molar-refractivity contribution is 6.30. The quantitative estimate of drug-likeness (QED) is 0.406. The number of hydrogen-bond donors (Lipinski definition) is 1. The minimum Gasteiger partial charge on any atom is -0.385 e. The van der Waals surface area contributed by atoms with Gasteiger partial charge in [0.2, 0.25) is 5.91 Å². The van der Waals surface area contributed by atoms with E-state index in [2.05, 4.69) is 13.5 Å². The maximum atomic E-state index is 13.3. The van der Waals surface area contributed by atoms with Crippen molar-refractivity contribution < 1.29 is 9.90 Å². The predicted molar refractivity (Wildman–Crippen MR) is 133 cm³/mol. The molecule has 1 fully saturated rings. The normalized spacial score (nSPS) is 20.5. The Balaban J connectivity index is 2.07. The standard InChI is InChI=1S/C27H33Cl2NO2/c1-4-15-26(5-2,30-16-7-8-20(3)25(30)31)19-27(32,22-9-6-10-24(29)17-22)18-21-11-13-23(28)14-12-21/h4,6,9-14,17,20,32H,1,5,7-8,15-16,18-19H2,2-3H3/t20?,26-,27-/m0/s1. The first-order chi connectivity index (χ1) is 15.2. The average molecular weight is 474 g/mol. The van der Waals surface area contributed by atoms with Crippen molar-refractivity contribution in [2.24, 2.45) is 5.92 Å². The lowest BCUT2D eigenvalue weighted by Crippen LogP contribution is -2.58. The van der Waals surface area contributed by atoms with Gasteiger partial charge in [0.25, 0.3) is 0 Å². The molecule has 1 aliphatic heterocycles. The summed E-state index contributed by atoms with van der Waals surface area (Å²) >= 11 is 12.4. The molecule has 1 heterocycles. The topological polar surface area (TPSA) is 40.5 Å². The molecule has 32 heavy (non-hydrogen) atoms. The van der Waals surface area contributed by atoms with Crippen molar-refractivity contribution in [1.82, 2.24) is 4.90 Å². The maximum Gasteiger partial charge on any atom is 0.225 e. The second kappa shape index (κ2) is 10.4. The second-order valence-corrected chi connectivity index (χ2v) is 10.00. The molecular formula is C27H33Cl2NO2. The maximum absolute atomic E-state index is 13.3. The number of aliphatic hydroxyl groups is 1. The molecule has 3 atom stereocenters. The average Bonchev–Trinajstić information content (AvgIpc) is 2.77. The molecule has 5 heteroatoms. The molecule has 0 saturated carbocycles. The van der Waals surface area contributed by atoms with Crippen molar-refractivity contribution in [3.8, 4) is 0 Å². The summed E-state index contributed by atoms with van der Waals surface area (Å²) in [4.78, 5) is 15.3. The van der Waals surface area contributed by atoms with E-state index in [0.717, 1.165) is 30.4 Å². The van der Waals surface area contributed by atoms with Gasteiger partial charge in [-0.2, -0.15) is 0 Å². The summed E-state index contributed by atoms with van der Waals surface area (Å²) in [6.07, 6.45) is 5.87. The van der Waals surface area contributed by atoms with E-state index in [-0.39, 0.29) is 11.8 Å². The molecule has 0 radical (unpaired) electrons. The van der Waals surface area contributed by atoms with Crippen molar-refractivity contribution in [3.05, 3.63) is 82.4 Å². The lowest BCUT2D eigenvalue weighted by atomic mass is 9.72. The summed E-state index contributed by atoms with van der Waals surface area (Å²) in [5.41, 5.74) is -0.0337. The van der Waals surface area contributed by atoms with E-state index in [9.17, 15) is 9.90 Å². The summed E-state index contributed by atoms with van der Waals surface area (Å²) in [7, 11) is 0. The van der Waals surface area contributed by atoms with Gasteiger partial charge in [-0.3, -0.25) is 4.79 Å². The molecule has 0 bridgehead atoms. The zero-order valence-electron chi connectivity index (χ0n) is 19.0. The summed E-state index contributed by atoms with van der Waals surface area (Å²) in [5, 5.41) is 13.5. The molecule has 0 aromatic heterocycles. The predicted octanol–water partition coefficient (Wildman–Crippen LogP) is 6.80. The summed E-state index contributed by atoms with van der Waals surface area (Å²) in [6.45, 7) is 8.79. The number of hydrogen-bond acceptors (Lipinski definition) is 2. The van der Waals surface area contributed by atoms with E-state index < -0.39 is 11.1 Å². The van der Waals surface area contributed by atoms with Crippen molar-refractivity contribution in [1.29, 1.82) is 0 Å². The molecule has 3 nitrogen and oxygen atoms in total. The number of rotatable bonds is 9. The zero-order valence-corrected chi connectivity index (χ0v) is 20.5. The number of carbonyl (C=O) groups is 1. The number of likely N-dealkylation sites (tertiary alicyclic amines) is 1. The van der Waals surface area contributed by atoms with Gasteiger partial charge < -0.3 is 10.0 Å². The van der Waals surface area contributed by atoms with Crippen LogP contribution in [0.4, 0.5) is 0 Å². The second-order valence-electron chi connectivity index (χ2n) is 9.13. The molecule has 172 valence electrons. The van der Waals surface area contributed by atoms with Crippen LogP contribution in [-0.4, -0.2) is 28.0 Å². The first-order valence-electron chi connectivity index (χ1n) is 11.4. The van der Waals surface area contributed by atoms with Gasteiger partial charge in [-0.15, -0.1) is 6.58 Å². The Hall–Kier alpha value is -1.81. The molecule has 0 aliphatic carbocycles. The third-order valence-electron chi connectivity index (χ3n) is 6.85. The molecule has 1 unspecified atom stereocenters. The molecule has 1 aliphatic rings. The molecule has 0 spiro atoms. The fraction of sp³-hybridized carbons (Fsp3) is 0.444. The van der Waals surface area contributed by atoms with Gasteiger partial charge in [0.05, 0.1) is 5.60 Å². The van der Waals surface area contributed by atoms with E-state index >= 15 is 0 Å². The fourth-order valence-electron chi connectivity index (χ4n) is 5.06. The number of amides is 1. The van der Waals surface area contributed by atoms with E-state index in [1.165, 1.54) is 0 Å². The lowest BCUT2D eigenvalue weighted by Gasteiger charge is -2.50. The molecule has 2 aromatic carbocycles. The summed E-state index contributed by atoms with van der Waals surface area (Å²) in [5.74, 6) is 0.162. The number of benzene rings is 2. The van der Waals surface area contributed by atoms with Crippen molar-refractivity contribution in [2.75, 3.05) is 6.54 Å². The third kappa shape index (κ3) is 5.39. The van der Waals surface area contributed by atoms with Crippen molar-refractivity contribution in [3.63, 3.8) is 0 Å². The van der Waals surface area contributed by atoms with Crippen LogP contribution in [0.1, 0.15) is 57.1 Å². The Bertz CT molecular complexity index is 945. The highest BCUT2D eigenvalue weighted by Crippen LogP contribution is 2.42.